The Morgan fingerprint density at radius 3 is 2.47 bits per heavy atom. The maximum Gasteiger partial charge on any atom is 0.234 e. The highest BCUT2D eigenvalue weighted by Gasteiger charge is 2.30. The molecule has 1 amide bonds. The average molecular weight is 412 g/mol. The zero-order chi connectivity index (χ0) is 21.1. The van der Waals surface area contributed by atoms with Crippen LogP contribution in [0.3, 0.4) is 0 Å². The number of H-pyrrole nitrogens is 1. The summed E-state index contributed by atoms with van der Waals surface area (Å²) in [7, 11) is 1.66. The third-order valence-corrected chi connectivity index (χ3v) is 6.26. The zero-order valence-corrected chi connectivity index (χ0v) is 18.2. The highest BCUT2D eigenvalue weighted by molar-refractivity contribution is 5.78. The molecular formula is C23H33N5O2. The first kappa shape index (κ1) is 20.8. The fraction of sp³-hybridized carbons (Fsp3) is 0.609. The Morgan fingerprint density at radius 1 is 1.17 bits per heavy atom. The number of nitrogens with one attached hydrogen (secondary N) is 2. The topological polar surface area (TPSA) is 83.1 Å². The molecular weight excluding hydrogens is 378 g/mol. The normalized spacial score (nSPS) is 19.1. The second-order valence-electron chi connectivity index (χ2n) is 8.97. The monoisotopic (exact) mass is 411 g/mol. The van der Waals surface area contributed by atoms with Gasteiger partial charge in [-0.25, -0.2) is 4.98 Å². The van der Waals surface area contributed by atoms with E-state index in [0.29, 0.717) is 24.3 Å². The number of hydrogen-bond acceptors (Lipinski definition) is 5. The standard InChI is InChI=1S/C23H33N5O2/c1-15(2)21(16-6-8-19(30-3)9-7-16)24-20(29)14-28-12-10-18(11-13-28)23-25-22(26-27-23)17-4-5-17/h6-9,15,17-18,21H,4-5,10-14H2,1-3H3,(H,24,29)(H,25,26,27). The van der Waals surface area contributed by atoms with Crippen molar-refractivity contribution in [3.8, 4) is 5.75 Å². The van der Waals surface area contributed by atoms with Gasteiger partial charge in [-0.2, -0.15) is 5.10 Å². The number of carbonyl (C=O) groups excluding carboxylic acids is 1. The molecule has 7 nitrogen and oxygen atoms in total. The predicted octanol–water partition coefficient (Wildman–Crippen LogP) is 3.38. The lowest BCUT2D eigenvalue weighted by Gasteiger charge is -2.31. The van der Waals surface area contributed by atoms with Crippen molar-refractivity contribution in [3.63, 3.8) is 0 Å². The number of nitrogens with zero attached hydrogens (tertiary/aromatic N) is 3. The summed E-state index contributed by atoms with van der Waals surface area (Å²) in [5.41, 5.74) is 1.11. The van der Waals surface area contributed by atoms with Crippen LogP contribution in [0.15, 0.2) is 24.3 Å². The molecule has 1 saturated carbocycles. The van der Waals surface area contributed by atoms with Crippen molar-refractivity contribution in [2.75, 3.05) is 26.7 Å². The highest BCUT2D eigenvalue weighted by Crippen LogP contribution is 2.38. The molecule has 2 aromatic rings. The van der Waals surface area contributed by atoms with Gasteiger partial charge < -0.3 is 10.1 Å². The molecule has 7 heteroatoms. The maximum absolute atomic E-state index is 12.8. The molecule has 30 heavy (non-hydrogen) atoms. The van der Waals surface area contributed by atoms with E-state index in [2.05, 4.69) is 34.3 Å². The lowest BCUT2D eigenvalue weighted by molar-refractivity contribution is -0.123. The molecule has 1 unspecified atom stereocenters. The van der Waals surface area contributed by atoms with Gasteiger partial charge in [0.05, 0.1) is 19.7 Å². The number of aromatic amines is 1. The van der Waals surface area contributed by atoms with Gasteiger partial charge in [0.1, 0.15) is 11.6 Å². The van der Waals surface area contributed by atoms with Crippen LogP contribution in [-0.2, 0) is 4.79 Å². The Balaban J connectivity index is 1.27. The first-order valence-electron chi connectivity index (χ1n) is 11.1. The Labute approximate surface area is 178 Å². The van der Waals surface area contributed by atoms with Crippen molar-refractivity contribution in [1.29, 1.82) is 0 Å². The van der Waals surface area contributed by atoms with Crippen LogP contribution >= 0.6 is 0 Å². The molecule has 162 valence electrons. The number of benzene rings is 1. The van der Waals surface area contributed by atoms with Crippen LogP contribution in [0.1, 0.15) is 74.6 Å². The van der Waals surface area contributed by atoms with E-state index in [9.17, 15) is 4.79 Å². The largest absolute Gasteiger partial charge is 0.497 e. The fourth-order valence-electron chi connectivity index (χ4n) is 4.23. The first-order chi connectivity index (χ1) is 14.5. The Morgan fingerprint density at radius 2 is 1.87 bits per heavy atom. The molecule has 2 heterocycles. The highest BCUT2D eigenvalue weighted by atomic mass is 16.5. The molecule has 1 atom stereocenters. The summed E-state index contributed by atoms with van der Waals surface area (Å²) in [6.45, 7) is 6.52. The van der Waals surface area contributed by atoms with E-state index in [1.54, 1.807) is 7.11 Å². The van der Waals surface area contributed by atoms with Gasteiger partial charge in [-0.3, -0.25) is 14.8 Å². The van der Waals surface area contributed by atoms with Gasteiger partial charge in [-0.1, -0.05) is 26.0 Å². The smallest absolute Gasteiger partial charge is 0.234 e. The second kappa shape index (κ2) is 9.16. The Bertz CT molecular complexity index is 836. The summed E-state index contributed by atoms with van der Waals surface area (Å²) < 4.78 is 5.24. The molecule has 0 bridgehead atoms. The Hall–Kier alpha value is -2.41. The van der Waals surface area contributed by atoms with Gasteiger partial charge in [-0.15, -0.1) is 0 Å². The van der Waals surface area contributed by atoms with Crippen molar-refractivity contribution < 1.29 is 9.53 Å². The number of amides is 1. The van der Waals surface area contributed by atoms with E-state index >= 15 is 0 Å². The van der Waals surface area contributed by atoms with Crippen LogP contribution in [-0.4, -0.2) is 52.7 Å². The van der Waals surface area contributed by atoms with E-state index < -0.39 is 0 Å². The van der Waals surface area contributed by atoms with Crippen molar-refractivity contribution in [2.24, 2.45) is 5.92 Å². The molecule has 1 aliphatic carbocycles. The Kier molecular flexibility index (Phi) is 6.37. The van der Waals surface area contributed by atoms with Crippen LogP contribution in [0.25, 0.3) is 0 Å². The average Bonchev–Trinajstić information content (AvgIpc) is 3.49. The van der Waals surface area contributed by atoms with E-state index in [1.807, 2.05) is 24.3 Å². The molecule has 1 aliphatic heterocycles. The van der Waals surface area contributed by atoms with Gasteiger partial charge in [0, 0.05) is 11.8 Å². The summed E-state index contributed by atoms with van der Waals surface area (Å²) in [5.74, 6) is 4.24. The quantitative estimate of drug-likeness (QED) is 0.696. The van der Waals surface area contributed by atoms with Gasteiger partial charge in [0.2, 0.25) is 5.91 Å². The molecule has 2 fully saturated rings. The van der Waals surface area contributed by atoms with Gasteiger partial charge in [0.25, 0.3) is 0 Å². The van der Waals surface area contributed by atoms with Crippen molar-refractivity contribution in [2.45, 2.75) is 57.4 Å². The van der Waals surface area contributed by atoms with E-state index in [0.717, 1.165) is 48.9 Å². The summed E-state index contributed by atoms with van der Waals surface area (Å²) in [5, 5.41) is 10.8. The number of ether oxygens (including phenoxy) is 1. The molecule has 0 radical (unpaired) electrons. The van der Waals surface area contributed by atoms with Crippen LogP contribution in [0, 0.1) is 5.92 Å². The number of aromatic nitrogens is 3. The second-order valence-corrected chi connectivity index (χ2v) is 8.97. The summed E-state index contributed by atoms with van der Waals surface area (Å²) >= 11 is 0. The molecule has 1 aromatic heterocycles. The van der Waals surface area contributed by atoms with Crippen LogP contribution in [0.2, 0.25) is 0 Å². The van der Waals surface area contributed by atoms with Crippen molar-refractivity contribution in [1.82, 2.24) is 25.4 Å². The van der Waals surface area contributed by atoms with Gasteiger partial charge in [-0.05, 0) is 62.4 Å². The van der Waals surface area contributed by atoms with E-state index in [-0.39, 0.29) is 11.9 Å². The minimum atomic E-state index is -0.00372. The van der Waals surface area contributed by atoms with Crippen LogP contribution in [0.5, 0.6) is 5.75 Å². The molecule has 0 spiro atoms. The third-order valence-electron chi connectivity index (χ3n) is 6.26. The molecule has 1 aromatic carbocycles. The molecule has 1 saturated heterocycles. The fourth-order valence-corrected chi connectivity index (χ4v) is 4.23. The number of carbonyl (C=O) groups is 1. The van der Waals surface area contributed by atoms with E-state index in [4.69, 9.17) is 9.72 Å². The van der Waals surface area contributed by atoms with Crippen molar-refractivity contribution >= 4 is 5.91 Å². The third kappa shape index (κ3) is 5.01. The molecule has 2 aliphatic rings. The van der Waals surface area contributed by atoms with Gasteiger partial charge in [0.15, 0.2) is 5.82 Å². The summed E-state index contributed by atoms with van der Waals surface area (Å²) in [6, 6.07) is 7.95. The minimum absolute atomic E-state index is 0.00372. The first-order valence-corrected chi connectivity index (χ1v) is 11.1. The number of hydrogen-bond donors (Lipinski definition) is 2. The minimum Gasteiger partial charge on any atom is -0.497 e. The lowest BCUT2D eigenvalue weighted by atomic mass is 9.95. The van der Waals surface area contributed by atoms with Crippen molar-refractivity contribution in [3.05, 3.63) is 41.5 Å². The van der Waals surface area contributed by atoms with E-state index in [1.165, 1.54) is 12.8 Å². The maximum atomic E-state index is 12.8. The number of likely N-dealkylation sites (tertiary alicyclic amines) is 1. The van der Waals surface area contributed by atoms with Crippen LogP contribution in [0.4, 0.5) is 0 Å². The molecule has 2 N–H and O–H groups in total. The van der Waals surface area contributed by atoms with Gasteiger partial charge >= 0.3 is 0 Å². The van der Waals surface area contributed by atoms with Crippen LogP contribution < -0.4 is 10.1 Å². The SMILES string of the molecule is COc1ccc(C(NC(=O)CN2CCC(c3nc(C4CC4)n[nH]3)CC2)C(C)C)cc1. The number of methoxy groups -OCH3 is 1. The number of piperidine rings is 1. The lowest BCUT2D eigenvalue weighted by Crippen LogP contribution is -2.43. The summed E-state index contributed by atoms with van der Waals surface area (Å²) in [6.07, 6.45) is 4.47. The molecule has 4 rings (SSSR count). The zero-order valence-electron chi connectivity index (χ0n) is 18.2. The number of rotatable bonds is 8. The summed E-state index contributed by atoms with van der Waals surface area (Å²) in [4.78, 5) is 19.7. The predicted molar refractivity (Wildman–Crippen MR) is 115 cm³/mol.